The molecule has 1 aliphatic rings. The normalized spacial score (nSPS) is 17.8. The van der Waals surface area contributed by atoms with Crippen LogP contribution in [-0.2, 0) is 9.59 Å². The first-order valence-electron chi connectivity index (χ1n) is 6.82. The minimum atomic E-state index is -0.395. The van der Waals surface area contributed by atoms with Crippen LogP contribution < -0.4 is 10.2 Å². The van der Waals surface area contributed by atoms with Crippen molar-refractivity contribution >= 4 is 45.6 Å². The number of hydrogen-bond acceptors (Lipinski definition) is 4. The molecule has 1 saturated heterocycles. The van der Waals surface area contributed by atoms with Crippen LogP contribution in [0.2, 0.25) is 5.02 Å². The second kappa shape index (κ2) is 6.06. The number of nitrogens with one attached hydrogen (secondary N) is 1. The van der Waals surface area contributed by atoms with Crippen LogP contribution in [0.4, 0.5) is 10.8 Å². The molecule has 2 heterocycles. The Labute approximate surface area is 136 Å². The average Bonchev–Trinajstić information content (AvgIpc) is 3.06. The fourth-order valence-electron chi connectivity index (χ4n) is 2.41. The molecule has 0 spiro atoms. The van der Waals surface area contributed by atoms with Gasteiger partial charge in [0.2, 0.25) is 11.8 Å². The molecule has 1 N–H and O–H groups in total. The van der Waals surface area contributed by atoms with Gasteiger partial charge in [-0.05, 0) is 19.1 Å². The Morgan fingerprint density at radius 3 is 2.91 bits per heavy atom. The third-order valence-corrected chi connectivity index (χ3v) is 4.68. The van der Waals surface area contributed by atoms with Crippen LogP contribution in [0.25, 0.3) is 0 Å². The van der Waals surface area contributed by atoms with Crippen LogP contribution in [0, 0.1) is 12.8 Å². The number of carbonyl (C=O) groups excluding carboxylic acids is 2. The van der Waals surface area contributed by atoms with Crippen LogP contribution in [0.15, 0.2) is 29.6 Å². The Bertz CT molecular complexity index is 731. The summed E-state index contributed by atoms with van der Waals surface area (Å²) in [5, 5.41) is 5.70. The average molecular weight is 336 g/mol. The molecule has 0 saturated carbocycles. The molecule has 1 fully saturated rings. The Balaban J connectivity index is 1.71. The molecule has 2 aromatic rings. The smallest absolute Gasteiger partial charge is 0.231 e. The molecule has 1 aromatic heterocycles. The van der Waals surface area contributed by atoms with Crippen LogP contribution >= 0.6 is 22.9 Å². The predicted octanol–water partition coefficient (Wildman–Crippen LogP) is 3.10. The fraction of sp³-hybridized carbons (Fsp3) is 0.267. The van der Waals surface area contributed by atoms with Crippen molar-refractivity contribution in [2.24, 2.45) is 5.92 Å². The van der Waals surface area contributed by atoms with E-state index in [4.69, 9.17) is 11.6 Å². The second-order valence-corrected chi connectivity index (χ2v) is 6.41. The maximum Gasteiger partial charge on any atom is 0.231 e. The summed E-state index contributed by atoms with van der Waals surface area (Å²) in [5.41, 5.74) is 1.51. The number of thiazole rings is 1. The summed E-state index contributed by atoms with van der Waals surface area (Å²) in [4.78, 5) is 30.2. The number of para-hydroxylation sites is 1. The quantitative estimate of drug-likeness (QED) is 0.937. The SMILES string of the molecule is Cc1csc(NC(=O)C2CC(=O)N(c3ccccc3Cl)C2)n1. The first-order valence-corrected chi connectivity index (χ1v) is 8.08. The first kappa shape index (κ1) is 15.0. The second-order valence-electron chi connectivity index (χ2n) is 5.14. The third kappa shape index (κ3) is 2.98. The summed E-state index contributed by atoms with van der Waals surface area (Å²) < 4.78 is 0. The van der Waals surface area contributed by atoms with Crippen molar-refractivity contribution in [1.29, 1.82) is 0 Å². The summed E-state index contributed by atoms with van der Waals surface area (Å²) in [5.74, 6) is -0.672. The molecule has 0 aliphatic carbocycles. The number of carbonyl (C=O) groups is 2. The lowest BCUT2D eigenvalue weighted by molar-refractivity contribution is -0.122. The monoisotopic (exact) mass is 335 g/mol. The van der Waals surface area contributed by atoms with E-state index >= 15 is 0 Å². The molecule has 0 radical (unpaired) electrons. The summed E-state index contributed by atoms with van der Waals surface area (Å²) in [6, 6.07) is 7.14. The molecule has 1 aliphatic heterocycles. The van der Waals surface area contributed by atoms with Gasteiger partial charge in [-0.2, -0.15) is 0 Å². The molecule has 5 nitrogen and oxygen atoms in total. The minimum absolute atomic E-state index is 0.0939. The number of halogens is 1. The van der Waals surface area contributed by atoms with Gasteiger partial charge in [0.15, 0.2) is 5.13 Å². The van der Waals surface area contributed by atoms with E-state index < -0.39 is 5.92 Å². The Hall–Kier alpha value is -1.92. The zero-order valence-corrected chi connectivity index (χ0v) is 13.4. The fourth-order valence-corrected chi connectivity index (χ4v) is 3.33. The van der Waals surface area contributed by atoms with Gasteiger partial charge in [0.25, 0.3) is 0 Å². The summed E-state index contributed by atoms with van der Waals surface area (Å²) in [6.07, 6.45) is 0.182. The van der Waals surface area contributed by atoms with Gasteiger partial charge in [0, 0.05) is 18.3 Å². The third-order valence-electron chi connectivity index (χ3n) is 3.49. The van der Waals surface area contributed by atoms with E-state index in [0.717, 1.165) is 5.69 Å². The van der Waals surface area contributed by atoms with E-state index in [9.17, 15) is 9.59 Å². The highest BCUT2D eigenvalue weighted by molar-refractivity contribution is 7.13. The predicted molar refractivity (Wildman–Crippen MR) is 87.4 cm³/mol. The topological polar surface area (TPSA) is 62.3 Å². The van der Waals surface area contributed by atoms with Gasteiger partial charge in [-0.1, -0.05) is 23.7 Å². The molecule has 22 heavy (non-hydrogen) atoms. The van der Waals surface area contributed by atoms with Gasteiger partial charge in [0.05, 0.1) is 22.3 Å². The molecule has 1 aromatic carbocycles. The van der Waals surface area contributed by atoms with Crippen LogP contribution in [0.5, 0.6) is 0 Å². The highest BCUT2D eigenvalue weighted by Crippen LogP contribution is 2.31. The van der Waals surface area contributed by atoms with E-state index in [2.05, 4.69) is 10.3 Å². The van der Waals surface area contributed by atoms with Crippen LogP contribution in [0.3, 0.4) is 0 Å². The van der Waals surface area contributed by atoms with Crippen molar-refractivity contribution in [3.8, 4) is 0 Å². The van der Waals surface area contributed by atoms with Crippen molar-refractivity contribution in [2.75, 3.05) is 16.8 Å². The number of aromatic nitrogens is 1. The Morgan fingerprint density at radius 1 is 1.45 bits per heavy atom. The molecule has 3 rings (SSSR count). The molecule has 7 heteroatoms. The number of amides is 2. The van der Waals surface area contributed by atoms with Crippen molar-refractivity contribution in [3.05, 3.63) is 40.4 Å². The van der Waals surface area contributed by atoms with E-state index in [-0.39, 0.29) is 18.2 Å². The summed E-state index contributed by atoms with van der Waals surface area (Å²) in [7, 11) is 0. The number of rotatable bonds is 3. The number of anilines is 2. The van der Waals surface area contributed by atoms with E-state index in [1.807, 2.05) is 18.4 Å². The minimum Gasteiger partial charge on any atom is -0.310 e. The van der Waals surface area contributed by atoms with E-state index in [1.165, 1.54) is 11.3 Å². The standard InChI is InChI=1S/C15H14ClN3O2S/c1-9-8-22-15(17-9)18-14(21)10-6-13(20)19(7-10)12-5-3-2-4-11(12)16/h2-5,8,10H,6-7H2,1H3,(H,17,18,21). The zero-order valence-electron chi connectivity index (χ0n) is 11.9. The number of benzene rings is 1. The lowest BCUT2D eigenvalue weighted by Crippen LogP contribution is -2.28. The molecule has 0 bridgehead atoms. The number of aryl methyl sites for hydroxylation is 1. The highest BCUT2D eigenvalue weighted by atomic mass is 35.5. The Kier molecular flexibility index (Phi) is 4.13. The van der Waals surface area contributed by atoms with Crippen molar-refractivity contribution in [2.45, 2.75) is 13.3 Å². The van der Waals surface area contributed by atoms with Gasteiger partial charge in [-0.25, -0.2) is 4.98 Å². The zero-order chi connectivity index (χ0) is 15.7. The molecule has 1 atom stereocenters. The summed E-state index contributed by atoms with van der Waals surface area (Å²) in [6.45, 7) is 2.20. The van der Waals surface area contributed by atoms with E-state index in [0.29, 0.717) is 22.4 Å². The maximum absolute atomic E-state index is 12.3. The van der Waals surface area contributed by atoms with Gasteiger partial charge < -0.3 is 10.2 Å². The first-order chi connectivity index (χ1) is 10.5. The lowest BCUT2D eigenvalue weighted by atomic mass is 10.1. The van der Waals surface area contributed by atoms with Crippen molar-refractivity contribution in [1.82, 2.24) is 4.98 Å². The van der Waals surface area contributed by atoms with Crippen molar-refractivity contribution < 1.29 is 9.59 Å². The van der Waals surface area contributed by atoms with E-state index in [1.54, 1.807) is 23.1 Å². The molecule has 114 valence electrons. The molecule has 1 unspecified atom stereocenters. The van der Waals surface area contributed by atoms with Gasteiger partial charge >= 0.3 is 0 Å². The van der Waals surface area contributed by atoms with Gasteiger partial charge in [0.1, 0.15) is 0 Å². The van der Waals surface area contributed by atoms with Crippen LogP contribution in [0.1, 0.15) is 12.1 Å². The highest BCUT2D eigenvalue weighted by Gasteiger charge is 2.36. The van der Waals surface area contributed by atoms with Gasteiger partial charge in [-0.15, -0.1) is 11.3 Å². The molecular formula is C15H14ClN3O2S. The van der Waals surface area contributed by atoms with Crippen molar-refractivity contribution in [3.63, 3.8) is 0 Å². The summed E-state index contributed by atoms with van der Waals surface area (Å²) >= 11 is 7.50. The Morgan fingerprint density at radius 2 is 2.23 bits per heavy atom. The maximum atomic E-state index is 12.3. The number of hydrogen-bond donors (Lipinski definition) is 1. The van der Waals surface area contributed by atoms with Gasteiger partial charge in [-0.3, -0.25) is 9.59 Å². The number of nitrogens with zero attached hydrogens (tertiary/aromatic N) is 2. The molecule has 2 amide bonds. The molecular weight excluding hydrogens is 322 g/mol. The van der Waals surface area contributed by atoms with Crippen LogP contribution in [-0.4, -0.2) is 23.3 Å². The largest absolute Gasteiger partial charge is 0.310 e. The lowest BCUT2D eigenvalue weighted by Gasteiger charge is -2.17.